The molecule has 1 atom stereocenters. The molecule has 1 aliphatic heterocycles. The van der Waals surface area contributed by atoms with Gasteiger partial charge in [0, 0.05) is 36.5 Å². The highest BCUT2D eigenvalue weighted by atomic mass is 32.2. The van der Waals surface area contributed by atoms with E-state index in [0.717, 1.165) is 34.3 Å². The molecule has 4 aromatic rings. The Labute approximate surface area is 231 Å². The lowest BCUT2D eigenvalue weighted by Gasteiger charge is -2.23. The molecule has 0 aliphatic carbocycles. The minimum Gasteiger partial charge on any atom is -0.416 e. The number of rotatable bonds is 6. The number of H-pyrrole nitrogens is 1. The number of carbonyl (C=O) groups excluding carboxylic acids is 1. The van der Waals surface area contributed by atoms with Crippen molar-refractivity contribution in [3.05, 3.63) is 65.3 Å². The lowest BCUT2D eigenvalue weighted by Crippen LogP contribution is -2.39. The first-order chi connectivity index (χ1) is 18.9. The predicted molar refractivity (Wildman–Crippen MR) is 147 cm³/mol. The topological polar surface area (TPSA) is 172 Å². The van der Waals surface area contributed by atoms with Crippen LogP contribution in [0.15, 0.2) is 41.1 Å². The number of fused-ring (bicyclic) bond motifs is 1. The lowest BCUT2D eigenvalue weighted by atomic mass is 9.96. The van der Waals surface area contributed by atoms with Crippen LogP contribution in [0.5, 0.6) is 0 Å². The number of hydrogen-bond acceptors (Lipinski definition) is 10. The molecule has 13 nitrogen and oxygen atoms in total. The summed E-state index contributed by atoms with van der Waals surface area (Å²) in [5, 5.41) is 20.9. The zero-order valence-corrected chi connectivity index (χ0v) is 23.7. The molecule has 4 heterocycles. The van der Waals surface area contributed by atoms with E-state index in [1.807, 2.05) is 45.9 Å². The van der Waals surface area contributed by atoms with Gasteiger partial charge < -0.3 is 15.1 Å². The summed E-state index contributed by atoms with van der Waals surface area (Å²) in [5.41, 5.74) is 4.36. The molecule has 40 heavy (non-hydrogen) atoms. The summed E-state index contributed by atoms with van der Waals surface area (Å²) < 4.78 is 32.0. The third-order valence-corrected chi connectivity index (χ3v) is 7.87. The maximum Gasteiger partial charge on any atom is 0.309 e. The van der Waals surface area contributed by atoms with Crippen LogP contribution >= 0.6 is 0 Å². The summed E-state index contributed by atoms with van der Waals surface area (Å²) in [6.07, 6.45) is 5.02. The monoisotopic (exact) mass is 565 g/mol. The van der Waals surface area contributed by atoms with Gasteiger partial charge in [0.25, 0.3) is 0 Å². The molecule has 0 saturated carbocycles. The Morgan fingerprint density at radius 1 is 1.20 bits per heavy atom. The van der Waals surface area contributed by atoms with E-state index in [2.05, 4.69) is 41.0 Å². The van der Waals surface area contributed by atoms with Gasteiger partial charge in [-0.05, 0) is 36.6 Å². The molecule has 0 radical (unpaired) electrons. The van der Waals surface area contributed by atoms with Gasteiger partial charge in [-0.2, -0.15) is 9.40 Å². The molecule has 5 rings (SSSR count). The summed E-state index contributed by atoms with van der Waals surface area (Å²) in [7, 11) is -3.52. The number of sulfonamides is 1. The van der Waals surface area contributed by atoms with E-state index in [-0.39, 0.29) is 19.0 Å². The zero-order chi connectivity index (χ0) is 28.7. The van der Waals surface area contributed by atoms with Gasteiger partial charge in [0.2, 0.25) is 21.9 Å². The number of benzene rings is 1. The van der Waals surface area contributed by atoms with E-state index in [9.17, 15) is 13.2 Å². The van der Waals surface area contributed by atoms with E-state index in [1.54, 1.807) is 18.5 Å². The number of nitrogens with zero attached hydrogens (tertiary/aromatic N) is 6. The fourth-order valence-electron chi connectivity index (χ4n) is 4.41. The van der Waals surface area contributed by atoms with Gasteiger partial charge in [0.1, 0.15) is 0 Å². The average Bonchev–Trinajstić information content (AvgIpc) is 3.51. The Bertz CT molecular complexity index is 1660. The average molecular weight is 566 g/mol. The summed E-state index contributed by atoms with van der Waals surface area (Å²) in [4.78, 5) is 22.1. The number of aromatic nitrogens is 6. The van der Waals surface area contributed by atoms with Crippen LogP contribution in [-0.4, -0.2) is 68.3 Å². The first-order valence-electron chi connectivity index (χ1n) is 12.7. The molecule has 0 spiro atoms. The van der Waals surface area contributed by atoms with Crippen molar-refractivity contribution in [1.29, 1.82) is 0 Å². The van der Waals surface area contributed by atoms with Gasteiger partial charge in [-0.15, -0.1) is 10.2 Å². The molecule has 14 heteroatoms. The standard InChI is InChI=1S/C26H31N9O4S/c1-15-20(13-28-32-15)31-25-27-10-8-19(30-25)17-6-7-18-16(12-17)9-11-35(40(5,37)38)14-21(18)29-22(36)23-33-34-24(39-23)26(2,3)4/h6-8,10,12-13,21H,9,11,14H2,1-5H3,(H,28,32)(H,29,36)(H,27,30,31). The minimum atomic E-state index is -3.52. The molecule has 1 aromatic carbocycles. The maximum atomic E-state index is 13.1. The zero-order valence-electron chi connectivity index (χ0n) is 22.9. The number of amides is 1. The van der Waals surface area contributed by atoms with Crippen molar-refractivity contribution >= 4 is 27.6 Å². The Kier molecular flexibility index (Phi) is 7.14. The SMILES string of the molecule is Cc1n[nH]cc1Nc1nccc(-c2ccc3c(c2)CCN(S(C)(=O)=O)CC3NC(=O)c2nnc(C(C)(C)C)o2)n1. The fraction of sp³-hybridized carbons (Fsp3) is 0.385. The number of hydrogen-bond donors (Lipinski definition) is 3. The van der Waals surface area contributed by atoms with Crippen LogP contribution in [0, 0.1) is 6.92 Å². The van der Waals surface area contributed by atoms with Crippen LogP contribution in [0.3, 0.4) is 0 Å². The van der Waals surface area contributed by atoms with Crippen LogP contribution in [0.4, 0.5) is 11.6 Å². The molecule has 0 bridgehead atoms. The molecular formula is C26H31N9O4S. The molecule has 1 unspecified atom stereocenters. The Balaban J connectivity index is 1.45. The molecule has 3 aromatic heterocycles. The second-order valence-corrected chi connectivity index (χ2v) is 12.7. The summed E-state index contributed by atoms with van der Waals surface area (Å²) >= 11 is 0. The quantitative estimate of drug-likeness (QED) is 0.316. The van der Waals surface area contributed by atoms with Crippen molar-refractivity contribution in [3.8, 4) is 11.3 Å². The number of aromatic amines is 1. The van der Waals surface area contributed by atoms with Crippen molar-refractivity contribution in [2.45, 2.75) is 45.6 Å². The van der Waals surface area contributed by atoms with E-state index < -0.39 is 27.4 Å². The molecular weight excluding hydrogens is 534 g/mol. The second-order valence-electron chi connectivity index (χ2n) is 10.7. The van der Waals surface area contributed by atoms with Crippen molar-refractivity contribution in [2.24, 2.45) is 0 Å². The van der Waals surface area contributed by atoms with Crippen molar-refractivity contribution in [2.75, 3.05) is 24.7 Å². The highest BCUT2D eigenvalue weighted by molar-refractivity contribution is 7.88. The molecule has 210 valence electrons. The van der Waals surface area contributed by atoms with Gasteiger partial charge in [0.15, 0.2) is 0 Å². The summed E-state index contributed by atoms with van der Waals surface area (Å²) in [6.45, 7) is 7.92. The van der Waals surface area contributed by atoms with Crippen molar-refractivity contribution in [1.82, 2.24) is 40.0 Å². The minimum absolute atomic E-state index is 0.0722. The van der Waals surface area contributed by atoms with Crippen LogP contribution in [0.25, 0.3) is 11.3 Å². The van der Waals surface area contributed by atoms with E-state index in [1.165, 1.54) is 4.31 Å². The first-order valence-corrected chi connectivity index (χ1v) is 14.6. The van der Waals surface area contributed by atoms with Crippen LogP contribution < -0.4 is 10.6 Å². The van der Waals surface area contributed by atoms with E-state index >= 15 is 0 Å². The number of carbonyl (C=O) groups is 1. The van der Waals surface area contributed by atoms with Crippen LogP contribution in [-0.2, 0) is 21.9 Å². The summed E-state index contributed by atoms with van der Waals surface area (Å²) in [5.74, 6) is 0.00837. The molecule has 0 fully saturated rings. The largest absolute Gasteiger partial charge is 0.416 e. The van der Waals surface area contributed by atoms with Gasteiger partial charge in [-0.3, -0.25) is 9.89 Å². The molecule has 3 N–H and O–H groups in total. The fourth-order valence-corrected chi connectivity index (χ4v) is 5.25. The van der Waals surface area contributed by atoms with E-state index in [0.29, 0.717) is 24.0 Å². The van der Waals surface area contributed by atoms with Gasteiger partial charge in [0.05, 0.1) is 29.4 Å². The first kappa shape index (κ1) is 27.4. The second kappa shape index (κ2) is 10.4. The Morgan fingerprint density at radius 3 is 2.67 bits per heavy atom. The number of aryl methyl sites for hydroxylation is 1. The third kappa shape index (κ3) is 5.87. The highest BCUT2D eigenvalue weighted by Gasteiger charge is 2.31. The number of nitrogens with one attached hydrogen (secondary N) is 3. The van der Waals surface area contributed by atoms with E-state index in [4.69, 9.17) is 4.42 Å². The maximum absolute atomic E-state index is 13.1. The molecule has 0 saturated heterocycles. The Morgan fingerprint density at radius 2 is 2.00 bits per heavy atom. The summed E-state index contributed by atoms with van der Waals surface area (Å²) in [6, 6.07) is 6.93. The Hall–Kier alpha value is -4.17. The van der Waals surface area contributed by atoms with Crippen LogP contribution in [0.1, 0.15) is 60.2 Å². The smallest absolute Gasteiger partial charge is 0.309 e. The predicted octanol–water partition coefficient (Wildman–Crippen LogP) is 2.89. The van der Waals surface area contributed by atoms with Crippen molar-refractivity contribution < 1.29 is 17.6 Å². The highest BCUT2D eigenvalue weighted by Crippen LogP contribution is 2.30. The molecule has 1 aliphatic rings. The third-order valence-electron chi connectivity index (χ3n) is 6.60. The number of anilines is 2. The van der Waals surface area contributed by atoms with Crippen LogP contribution in [0.2, 0.25) is 0 Å². The lowest BCUT2D eigenvalue weighted by molar-refractivity contribution is 0.0894. The van der Waals surface area contributed by atoms with Gasteiger partial charge >= 0.3 is 11.8 Å². The molecule has 1 amide bonds. The normalized spacial score (nSPS) is 16.3. The van der Waals surface area contributed by atoms with Gasteiger partial charge in [-0.1, -0.05) is 32.9 Å². The van der Waals surface area contributed by atoms with Gasteiger partial charge in [-0.25, -0.2) is 18.4 Å². The van der Waals surface area contributed by atoms with Crippen molar-refractivity contribution in [3.63, 3.8) is 0 Å².